The summed E-state index contributed by atoms with van der Waals surface area (Å²) in [4.78, 5) is 22.0. The van der Waals surface area contributed by atoms with Crippen molar-refractivity contribution in [1.29, 1.82) is 0 Å². The number of ether oxygens (including phenoxy) is 1. The third-order valence-corrected chi connectivity index (χ3v) is 6.46. The van der Waals surface area contributed by atoms with E-state index in [-0.39, 0.29) is 5.91 Å². The van der Waals surface area contributed by atoms with Crippen LogP contribution in [0.25, 0.3) is 16.6 Å². The molecule has 2 aliphatic rings. The minimum atomic E-state index is 0.0872. The number of para-hydroxylation sites is 1. The van der Waals surface area contributed by atoms with E-state index in [0.29, 0.717) is 6.61 Å². The molecule has 1 amide bonds. The number of thiazole rings is 1. The average molecular weight is 418 g/mol. The van der Waals surface area contributed by atoms with Gasteiger partial charge in [-0.05, 0) is 12.1 Å². The summed E-state index contributed by atoms with van der Waals surface area (Å²) in [5.74, 6) is 0.932. The summed E-state index contributed by atoms with van der Waals surface area (Å²) < 4.78 is 5.75. The normalized spacial score (nSPS) is 16.5. The van der Waals surface area contributed by atoms with Crippen molar-refractivity contribution in [3.05, 3.63) is 76.8 Å². The highest BCUT2D eigenvalue weighted by molar-refractivity contribution is 7.13. The minimum absolute atomic E-state index is 0.0872. The fourth-order valence-corrected chi connectivity index (χ4v) is 4.69. The second-order valence-electron chi connectivity index (χ2n) is 7.57. The summed E-state index contributed by atoms with van der Waals surface area (Å²) in [6.45, 7) is 4.34. The second kappa shape index (κ2) is 8.42. The molecule has 2 aromatic carbocycles. The monoisotopic (exact) mass is 417 g/mol. The fourth-order valence-electron chi connectivity index (χ4n) is 3.87. The van der Waals surface area contributed by atoms with Crippen molar-refractivity contribution in [2.24, 2.45) is 0 Å². The molecule has 30 heavy (non-hydrogen) atoms. The fraction of sp³-hybridized carbons (Fsp3) is 0.250. The van der Waals surface area contributed by atoms with Crippen LogP contribution in [0.15, 0.2) is 65.6 Å². The zero-order valence-corrected chi connectivity index (χ0v) is 17.5. The van der Waals surface area contributed by atoms with Crippen molar-refractivity contribution >= 4 is 23.3 Å². The molecule has 3 aromatic rings. The Hall–Kier alpha value is -2.96. The van der Waals surface area contributed by atoms with E-state index in [1.807, 2.05) is 53.4 Å². The maximum Gasteiger partial charge on any atom is 0.253 e. The van der Waals surface area contributed by atoms with E-state index in [2.05, 4.69) is 22.4 Å². The first-order valence-corrected chi connectivity index (χ1v) is 11.1. The molecule has 6 heteroatoms. The van der Waals surface area contributed by atoms with Crippen LogP contribution in [-0.2, 0) is 11.3 Å². The summed E-state index contributed by atoms with van der Waals surface area (Å²) in [5.41, 5.74) is 3.96. The summed E-state index contributed by atoms with van der Waals surface area (Å²) in [6.07, 6.45) is 1.97. The maximum absolute atomic E-state index is 12.9. The smallest absolute Gasteiger partial charge is 0.253 e. The van der Waals surface area contributed by atoms with Crippen LogP contribution in [0.5, 0.6) is 5.75 Å². The Bertz CT molecular complexity index is 1070. The highest BCUT2D eigenvalue weighted by Crippen LogP contribution is 2.27. The van der Waals surface area contributed by atoms with Crippen molar-refractivity contribution in [1.82, 2.24) is 14.8 Å². The maximum atomic E-state index is 12.9. The van der Waals surface area contributed by atoms with E-state index in [1.54, 1.807) is 11.3 Å². The first-order chi connectivity index (χ1) is 14.8. The zero-order valence-electron chi connectivity index (χ0n) is 16.7. The average Bonchev–Trinajstić information content (AvgIpc) is 3.28. The number of benzene rings is 2. The van der Waals surface area contributed by atoms with Gasteiger partial charge in [0.05, 0.1) is 11.3 Å². The standard InChI is InChI=1S/C24H23N3O2S/c28-24(20-14-19-8-4-5-9-22(19)29-16-20)27-12-10-26(11-13-27)15-21-17-30-23(25-21)18-6-2-1-3-7-18/h1-9,14,17H,10-13,15-16H2. The number of amides is 1. The summed E-state index contributed by atoms with van der Waals surface area (Å²) in [6, 6.07) is 18.1. The van der Waals surface area contributed by atoms with Gasteiger partial charge in [-0.2, -0.15) is 0 Å². The van der Waals surface area contributed by atoms with Gasteiger partial charge in [0.2, 0.25) is 0 Å². The molecule has 3 heterocycles. The number of fused-ring (bicyclic) bond motifs is 1. The lowest BCUT2D eigenvalue weighted by atomic mass is 10.1. The topological polar surface area (TPSA) is 45.7 Å². The van der Waals surface area contributed by atoms with Crippen molar-refractivity contribution in [3.8, 4) is 16.3 Å². The number of hydrogen-bond acceptors (Lipinski definition) is 5. The number of nitrogens with zero attached hydrogens (tertiary/aromatic N) is 3. The lowest BCUT2D eigenvalue weighted by Gasteiger charge is -2.35. The lowest BCUT2D eigenvalue weighted by molar-refractivity contribution is -0.129. The van der Waals surface area contributed by atoms with Gasteiger partial charge in [0.1, 0.15) is 17.4 Å². The molecule has 5 nitrogen and oxygen atoms in total. The molecule has 0 radical (unpaired) electrons. The number of carbonyl (C=O) groups is 1. The molecule has 1 saturated heterocycles. The highest BCUT2D eigenvalue weighted by atomic mass is 32.1. The van der Waals surface area contributed by atoms with E-state index in [0.717, 1.165) is 65.9 Å². The third-order valence-electron chi connectivity index (χ3n) is 5.52. The van der Waals surface area contributed by atoms with Crippen molar-refractivity contribution in [3.63, 3.8) is 0 Å². The highest BCUT2D eigenvalue weighted by Gasteiger charge is 2.26. The lowest BCUT2D eigenvalue weighted by Crippen LogP contribution is -2.49. The Morgan fingerprint density at radius 1 is 1.00 bits per heavy atom. The molecule has 1 fully saturated rings. The summed E-state index contributed by atoms with van der Waals surface area (Å²) in [5, 5.41) is 3.20. The Morgan fingerprint density at radius 2 is 1.77 bits per heavy atom. The second-order valence-corrected chi connectivity index (χ2v) is 8.43. The zero-order chi connectivity index (χ0) is 20.3. The molecule has 2 aliphatic heterocycles. The largest absolute Gasteiger partial charge is 0.488 e. The minimum Gasteiger partial charge on any atom is -0.488 e. The van der Waals surface area contributed by atoms with Gasteiger partial charge in [-0.1, -0.05) is 48.5 Å². The van der Waals surface area contributed by atoms with Gasteiger partial charge < -0.3 is 9.64 Å². The number of rotatable bonds is 4. The van der Waals surface area contributed by atoms with Crippen LogP contribution >= 0.6 is 11.3 Å². The molecule has 0 spiro atoms. The molecule has 0 aliphatic carbocycles. The third kappa shape index (κ3) is 4.01. The molecule has 0 unspecified atom stereocenters. The predicted octanol–water partition coefficient (Wildman–Crippen LogP) is 3.93. The summed E-state index contributed by atoms with van der Waals surface area (Å²) >= 11 is 1.69. The first-order valence-electron chi connectivity index (χ1n) is 10.2. The first kappa shape index (κ1) is 19.0. The number of piperazine rings is 1. The van der Waals surface area contributed by atoms with Gasteiger partial charge in [0, 0.05) is 49.2 Å². The van der Waals surface area contributed by atoms with Gasteiger partial charge in [0.15, 0.2) is 0 Å². The molecule has 0 bridgehead atoms. The quantitative estimate of drug-likeness (QED) is 0.645. The van der Waals surface area contributed by atoms with Gasteiger partial charge in [-0.15, -0.1) is 11.3 Å². The van der Waals surface area contributed by atoms with E-state index in [1.165, 1.54) is 0 Å². The molecule has 0 N–H and O–H groups in total. The predicted molar refractivity (Wildman–Crippen MR) is 119 cm³/mol. The van der Waals surface area contributed by atoms with Crippen LogP contribution in [0.4, 0.5) is 0 Å². The number of hydrogen-bond donors (Lipinski definition) is 0. The van der Waals surface area contributed by atoms with Gasteiger partial charge in [0.25, 0.3) is 5.91 Å². The molecule has 1 aromatic heterocycles. The summed E-state index contributed by atoms with van der Waals surface area (Å²) in [7, 11) is 0. The number of carbonyl (C=O) groups excluding carboxylic acids is 1. The van der Waals surface area contributed by atoms with E-state index in [9.17, 15) is 4.79 Å². The number of aromatic nitrogens is 1. The van der Waals surface area contributed by atoms with Crippen LogP contribution in [0.1, 0.15) is 11.3 Å². The van der Waals surface area contributed by atoms with Gasteiger partial charge in [-0.25, -0.2) is 4.98 Å². The van der Waals surface area contributed by atoms with E-state index < -0.39 is 0 Å². The molecule has 0 atom stereocenters. The van der Waals surface area contributed by atoms with Crippen LogP contribution in [0, 0.1) is 0 Å². The van der Waals surface area contributed by atoms with Crippen molar-refractivity contribution in [2.45, 2.75) is 6.54 Å². The van der Waals surface area contributed by atoms with Crippen molar-refractivity contribution in [2.75, 3.05) is 32.8 Å². The molecule has 0 saturated carbocycles. The van der Waals surface area contributed by atoms with Gasteiger partial charge >= 0.3 is 0 Å². The SMILES string of the molecule is O=C(C1=Cc2ccccc2OC1)N1CCN(Cc2csc(-c3ccccc3)n2)CC1. The Balaban J connectivity index is 1.18. The molecule has 5 rings (SSSR count). The Morgan fingerprint density at radius 3 is 2.60 bits per heavy atom. The molecular weight excluding hydrogens is 394 g/mol. The van der Waals surface area contributed by atoms with Crippen molar-refractivity contribution < 1.29 is 9.53 Å². The van der Waals surface area contributed by atoms with Crippen LogP contribution in [0.3, 0.4) is 0 Å². The Kier molecular flexibility index (Phi) is 5.34. The van der Waals surface area contributed by atoms with Crippen LogP contribution in [0.2, 0.25) is 0 Å². The van der Waals surface area contributed by atoms with Crippen LogP contribution in [-0.4, -0.2) is 53.5 Å². The Labute approximate surface area is 180 Å². The van der Waals surface area contributed by atoms with E-state index in [4.69, 9.17) is 9.72 Å². The van der Waals surface area contributed by atoms with Crippen LogP contribution < -0.4 is 4.74 Å². The molecule has 152 valence electrons. The molecular formula is C24H23N3O2S. The van der Waals surface area contributed by atoms with E-state index >= 15 is 0 Å². The van der Waals surface area contributed by atoms with Gasteiger partial charge in [-0.3, -0.25) is 9.69 Å².